The predicted molar refractivity (Wildman–Crippen MR) is 118 cm³/mol. The van der Waals surface area contributed by atoms with Gasteiger partial charge in [0.1, 0.15) is 23.3 Å². The molecule has 1 heterocycles. The van der Waals surface area contributed by atoms with Crippen molar-refractivity contribution in [3.05, 3.63) is 98.3 Å². The van der Waals surface area contributed by atoms with E-state index in [4.69, 9.17) is 13.9 Å². The molecule has 4 aromatic rings. The molecule has 30 heavy (non-hydrogen) atoms. The van der Waals surface area contributed by atoms with Crippen LogP contribution in [0.3, 0.4) is 0 Å². The summed E-state index contributed by atoms with van der Waals surface area (Å²) in [5.41, 5.74) is 2.48. The molecule has 6 heteroatoms. The maximum absolute atomic E-state index is 12.8. The SMILES string of the molecule is Cc1cc(C)cc(Oc2coc3cc(OC(=O)c4ccc(Br)cc4)ccc3c2=O)c1. The zero-order valence-electron chi connectivity index (χ0n) is 16.3. The normalized spacial score (nSPS) is 10.8. The number of rotatable bonds is 4. The minimum Gasteiger partial charge on any atom is -0.460 e. The fourth-order valence-corrected chi connectivity index (χ4v) is 3.36. The van der Waals surface area contributed by atoms with Gasteiger partial charge in [0.05, 0.1) is 10.9 Å². The number of halogens is 1. The highest BCUT2D eigenvalue weighted by Crippen LogP contribution is 2.26. The van der Waals surface area contributed by atoms with Crippen LogP contribution < -0.4 is 14.9 Å². The van der Waals surface area contributed by atoms with Gasteiger partial charge in [-0.25, -0.2) is 4.79 Å². The van der Waals surface area contributed by atoms with Gasteiger partial charge in [0.15, 0.2) is 0 Å². The molecule has 0 spiro atoms. The lowest BCUT2D eigenvalue weighted by Gasteiger charge is -2.08. The number of hydrogen-bond donors (Lipinski definition) is 0. The molecule has 0 aliphatic rings. The van der Waals surface area contributed by atoms with Gasteiger partial charge in [-0.15, -0.1) is 0 Å². The van der Waals surface area contributed by atoms with Crippen molar-refractivity contribution in [3.63, 3.8) is 0 Å². The highest BCUT2D eigenvalue weighted by atomic mass is 79.9. The zero-order chi connectivity index (χ0) is 21.3. The number of benzene rings is 3. The lowest BCUT2D eigenvalue weighted by atomic mass is 10.1. The van der Waals surface area contributed by atoms with E-state index in [0.29, 0.717) is 22.3 Å². The van der Waals surface area contributed by atoms with Gasteiger partial charge < -0.3 is 13.9 Å². The zero-order valence-corrected chi connectivity index (χ0v) is 17.9. The van der Waals surface area contributed by atoms with Crippen molar-refractivity contribution in [1.82, 2.24) is 0 Å². The summed E-state index contributed by atoms with van der Waals surface area (Å²) in [5.74, 6) is 0.437. The van der Waals surface area contributed by atoms with Crippen LogP contribution in [0.4, 0.5) is 0 Å². The topological polar surface area (TPSA) is 65.7 Å². The molecular formula is C24H17BrO5. The quantitative estimate of drug-likeness (QED) is 0.266. The number of aryl methyl sites for hydroxylation is 2. The van der Waals surface area contributed by atoms with Gasteiger partial charge in [-0.1, -0.05) is 22.0 Å². The van der Waals surface area contributed by atoms with Crippen LogP contribution in [0, 0.1) is 13.8 Å². The van der Waals surface area contributed by atoms with Crippen molar-refractivity contribution in [3.8, 4) is 17.2 Å². The van der Waals surface area contributed by atoms with E-state index in [1.165, 1.54) is 12.3 Å². The van der Waals surface area contributed by atoms with E-state index < -0.39 is 5.97 Å². The highest BCUT2D eigenvalue weighted by Gasteiger charge is 2.13. The van der Waals surface area contributed by atoms with Gasteiger partial charge >= 0.3 is 5.97 Å². The number of fused-ring (bicyclic) bond motifs is 1. The maximum Gasteiger partial charge on any atom is 0.343 e. The Labute approximate surface area is 181 Å². The largest absolute Gasteiger partial charge is 0.460 e. The van der Waals surface area contributed by atoms with E-state index in [1.54, 1.807) is 36.4 Å². The second-order valence-corrected chi connectivity index (χ2v) is 7.82. The fourth-order valence-electron chi connectivity index (χ4n) is 3.10. The van der Waals surface area contributed by atoms with Crippen LogP contribution in [-0.4, -0.2) is 5.97 Å². The first kappa shape index (κ1) is 19.9. The van der Waals surface area contributed by atoms with Crippen molar-refractivity contribution in [2.24, 2.45) is 0 Å². The van der Waals surface area contributed by atoms with E-state index in [2.05, 4.69) is 15.9 Å². The molecule has 1 aromatic heterocycles. The highest BCUT2D eigenvalue weighted by molar-refractivity contribution is 9.10. The monoisotopic (exact) mass is 464 g/mol. The Balaban J connectivity index is 1.60. The van der Waals surface area contributed by atoms with Crippen molar-refractivity contribution >= 4 is 32.9 Å². The molecule has 0 N–H and O–H groups in total. The second-order valence-electron chi connectivity index (χ2n) is 6.91. The molecule has 0 radical (unpaired) electrons. The van der Waals surface area contributed by atoms with Crippen LogP contribution in [-0.2, 0) is 0 Å². The third-order valence-electron chi connectivity index (χ3n) is 4.43. The smallest absolute Gasteiger partial charge is 0.343 e. The number of hydrogen-bond acceptors (Lipinski definition) is 5. The molecular weight excluding hydrogens is 448 g/mol. The number of carbonyl (C=O) groups excluding carboxylic acids is 1. The van der Waals surface area contributed by atoms with Crippen LogP contribution in [0.25, 0.3) is 11.0 Å². The summed E-state index contributed by atoms with van der Waals surface area (Å²) in [6, 6.07) is 17.2. The maximum atomic E-state index is 12.8. The van der Waals surface area contributed by atoms with Gasteiger partial charge in [0, 0.05) is 10.5 Å². The van der Waals surface area contributed by atoms with Gasteiger partial charge in [-0.3, -0.25) is 4.79 Å². The van der Waals surface area contributed by atoms with Gasteiger partial charge in [0.25, 0.3) is 0 Å². The van der Waals surface area contributed by atoms with Crippen LogP contribution in [0.2, 0.25) is 0 Å². The number of esters is 1. The molecule has 4 rings (SSSR count). The Morgan fingerprint density at radius 2 is 1.60 bits per heavy atom. The molecule has 5 nitrogen and oxygen atoms in total. The standard InChI is InChI=1S/C24H17BrO5/c1-14-9-15(2)11-19(10-14)29-22-13-28-21-12-18(7-8-20(21)23(22)26)30-24(27)16-3-5-17(25)6-4-16/h3-13H,1-2H3. The Morgan fingerprint density at radius 1 is 0.900 bits per heavy atom. The lowest BCUT2D eigenvalue weighted by molar-refractivity contribution is 0.0735. The van der Waals surface area contributed by atoms with Gasteiger partial charge in [-0.2, -0.15) is 0 Å². The molecule has 150 valence electrons. The first-order valence-electron chi connectivity index (χ1n) is 9.18. The summed E-state index contributed by atoms with van der Waals surface area (Å²) in [4.78, 5) is 25.1. The van der Waals surface area contributed by atoms with Gasteiger partial charge in [-0.05, 0) is 73.5 Å². The molecule has 0 bridgehead atoms. The van der Waals surface area contributed by atoms with Crippen LogP contribution >= 0.6 is 15.9 Å². The Hall–Kier alpha value is -3.38. The van der Waals surface area contributed by atoms with E-state index in [9.17, 15) is 9.59 Å². The molecule has 0 saturated carbocycles. The summed E-state index contributed by atoms with van der Waals surface area (Å²) < 4.78 is 17.6. The van der Waals surface area contributed by atoms with Crippen LogP contribution in [0.15, 0.2) is 80.6 Å². The van der Waals surface area contributed by atoms with E-state index in [-0.39, 0.29) is 16.9 Å². The fraction of sp³-hybridized carbons (Fsp3) is 0.0833. The summed E-state index contributed by atoms with van der Waals surface area (Å²) in [7, 11) is 0. The van der Waals surface area contributed by atoms with Gasteiger partial charge in [0.2, 0.25) is 11.2 Å². The molecule has 0 aliphatic heterocycles. The summed E-state index contributed by atoms with van der Waals surface area (Å²) in [6.45, 7) is 3.92. The number of carbonyl (C=O) groups is 1. The van der Waals surface area contributed by atoms with Crippen molar-refractivity contribution in [2.75, 3.05) is 0 Å². The molecule has 0 unspecified atom stereocenters. The minimum atomic E-state index is -0.501. The van der Waals surface area contributed by atoms with Crippen molar-refractivity contribution in [1.29, 1.82) is 0 Å². The molecule has 0 amide bonds. The third-order valence-corrected chi connectivity index (χ3v) is 4.96. The molecule has 0 fully saturated rings. The predicted octanol–water partition coefficient (Wildman–Crippen LogP) is 6.18. The summed E-state index contributed by atoms with van der Waals surface area (Å²) in [5, 5.41) is 0.334. The molecule has 0 aliphatic carbocycles. The lowest BCUT2D eigenvalue weighted by Crippen LogP contribution is -2.09. The molecule has 0 atom stereocenters. The summed E-state index contributed by atoms with van der Waals surface area (Å²) >= 11 is 3.32. The third kappa shape index (κ3) is 4.28. The summed E-state index contributed by atoms with van der Waals surface area (Å²) in [6.07, 6.45) is 1.27. The number of ether oxygens (including phenoxy) is 2. The molecule has 3 aromatic carbocycles. The Kier molecular flexibility index (Phi) is 5.42. The molecule has 0 saturated heterocycles. The van der Waals surface area contributed by atoms with Crippen LogP contribution in [0.1, 0.15) is 21.5 Å². The van der Waals surface area contributed by atoms with Crippen molar-refractivity contribution in [2.45, 2.75) is 13.8 Å². The average molecular weight is 465 g/mol. The minimum absolute atomic E-state index is 0.0899. The first-order valence-corrected chi connectivity index (χ1v) is 9.98. The van der Waals surface area contributed by atoms with E-state index >= 15 is 0 Å². The second kappa shape index (κ2) is 8.16. The average Bonchev–Trinajstić information content (AvgIpc) is 2.70. The first-order chi connectivity index (χ1) is 14.4. The Morgan fingerprint density at radius 3 is 2.30 bits per heavy atom. The van der Waals surface area contributed by atoms with E-state index in [1.807, 2.05) is 32.0 Å². The van der Waals surface area contributed by atoms with E-state index in [0.717, 1.165) is 15.6 Å². The van der Waals surface area contributed by atoms with Crippen LogP contribution in [0.5, 0.6) is 17.2 Å². The Bertz CT molecular complexity index is 1290. The van der Waals surface area contributed by atoms with Crippen molar-refractivity contribution < 1.29 is 18.7 Å².